The van der Waals surface area contributed by atoms with Gasteiger partial charge in [0.05, 0.1) is 16.3 Å². The molecule has 1 aliphatic heterocycles. The van der Waals surface area contributed by atoms with Crippen LogP contribution in [-0.2, 0) is 0 Å². The van der Waals surface area contributed by atoms with Gasteiger partial charge in [0, 0.05) is 24.7 Å². The average Bonchev–Trinajstić information content (AvgIpc) is 2.97. The second-order valence-electron chi connectivity index (χ2n) is 5.73. The molecule has 0 spiro atoms. The van der Waals surface area contributed by atoms with Crippen molar-refractivity contribution < 1.29 is 9.72 Å². The normalized spacial score (nSPS) is 17.5. The molecule has 1 aliphatic rings. The van der Waals surface area contributed by atoms with Crippen LogP contribution < -0.4 is 10.6 Å². The molecule has 0 radical (unpaired) electrons. The Kier molecular flexibility index (Phi) is 4.52. The van der Waals surface area contributed by atoms with Crippen LogP contribution >= 0.6 is 0 Å². The van der Waals surface area contributed by atoms with E-state index in [0.29, 0.717) is 11.4 Å². The second kappa shape index (κ2) is 6.75. The molecular weight excluding hydrogens is 312 g/mol. The van der Waals surface area contributed by atoms with Crippen LogP contribution in [0.15, 0.2) is 24.3 Å². The third kappa shape index (κ3) is 3.25. The molecule has 126 valence electrons. The third-order valence-corrected chi connectivity index (χ3v) is 4.03. The fourth-order valence-corrected chi connectivity index (χ4v) is 2.75. The Morgan fingerprint density at radius 2 is 2.33 bits per heavy atom. The molecule has 0 aliphatic carbocycles. The Hall–Kier alpha value is -2.81. The predicted octanol–water partition coefficient (Wildman–Crippen LogP) is 0.966. The smallest absolute Gasteiger partial charge is 0.274 e. The van der Waals surface area contributed by atoms with Gasteiger partial charge in [0.2, 0.25) is 0 Å². The molecule has 0 unspecified atom stereocenters. The van der Waals surface area contributed by atoms with Crippen LogP contribution in [0.4, 0.5) is 5.69 Å². The van der Waals surface area contributed by atoms with Crippen LogP contribution in [0.1, 0.15) is 29.0 Å². The number of aromatic nitrogens is 3. The number of carbonyl (C=O) groups is 1. The molecule has 9 nitrogen and oxygen atoms in total. The highest BCUT2D eigenvalue weighted by atomic mass is 16.6. The first kappa shape index (κ1) is 16.1. The van der Waals surface area contributed by atoms with Gasteiger partial charge < -0.3 is 10.6 Å². The maximum absolute atomic E-state index is 12.4. The number of amides is 1. The van der Waals surface area contributed by atoms with Crippen molar-refractivity contribution in [3.05, 3.63) is 45.8 Å². The van der Waals surface area contributed by atoms with Gasteiger partial charge in [-0.1, -0.05) is 11.3 Å². The lowest BCUT2D eigenvalue weighted by molar-refractivity contribution is -0.384. The number of benzene rings is 1. The van der Waals surface area contributed by atoms with E-state index in [2.05, 4.69) is 20.9 Å². The van der Waals surface area contributed by atoms with Gasteiger partial charge >= 0.3 is 0 Å². The van der Waals surface area contributed by atoms with Crippen molar-refractivity contribution in [3.8, 4) is 5.69 Å². The molecule has 2 N–H and O–H groups in total. The first-order valence-corrected chi connectivity index (χ1v) is 7.75. The number of rotatable bonds is 4. The lowest BCUT2D eigenvalue weighted by Gasteiger charge is -2.23. The van der Waals surface area contributed by atoms with Crippen molar-refractivity contribution in [3.63, 3.8) is 0 Å². The van der Waals surface area contributed by atoms with Crippen molar-refractivity contribution in [2.45, 2.75) is 25.8 Å². The molecule has 3 rings (SSSR count). The predicted molar refractivity (Wildman–Crippen MR) is 86.1 cm³/mol. The highest BCUT2D eigenvalue weighted by Gasteiger charge is 2.22. The number of carbonyl (C=O) groups excluding carboxylic acids is 1. The van der Waals surface area contributed by atoms with Gasteiger partial charge in [0.1, 0.15) is 0 Å². The summed E-state index contributed by atoms with van der Waals surface area (Å²) in [5.74, 6) is -0.280. The highest BCUT2D eigenvalue weighted by molar-refractivity contribution is 5.93. The fourth-order valence-electron chi connectivity index (χ4n) is 2.75. The van der Waals surface area contributed by atoms with Gasteiger partial charge in [0.25, 0.3) is 11.6 Å². The highest BCUT2D eigenvalue weighted by Crippen LogP contribution is 2.18. The zero-order chi connectivity index (χ0) is 17.1. The van der Waals surface area contributed by atoms with Gasteiger partial charge in [-0.3, -0.25) is 14.9 Å². The van der Waals surface area contributed by atoms with Crippen LogP contribution in [0.2, 0.25) is 0 Å². The van der Waals surface area contributed by atoms with Crippen LogP contribution in [0.25, 0.3) is 5.69 Å². The van der Waals surface area contributed by atoms with E-state index >= 15 is 0 Å². The molecular formula is C15H18N6O3. The summed E-state index contributed by atoms with van der Waals surface area (Å²) in [5.41, 5.74) is 1.22. The zero-order valence-electron chi connectivity index (χ0n) is 13.2. The zero-order valence-corrected chi connectivity index (χ0v) is 13.2. The number of piperidine rings is 1. The summed E-state index contributed by atoms with van der Waals surface area (Å²) >= 11 is 0. The summed E-state index contributed by atoms with van der Waals surface area (Å²) in [7, 11) is 0. The molecule has 1 aromatic heterocycles. The van der Waals surface area contributed by atoms with Gasteiger partial charge in [-0.05, 0) is 32.4 Å². The van der Waals surface area contributed by atoms with Crippen molar-refractivity contribution in [1.29, 1.82) is 0 Å². The second-order valence-corrected chi connectivity index (χ2v) is 5.73. The quantitative estimate of drug-likeness (QED) is 0.637. The molecule has 0 saturated carbocycles. The molecule has 1 amide bonds. The molecule has 2 aromatic rings. The Morgan fingerprint density at radius 1 is 1.50 bits per heavy atom. The van der Waals surface area contributed by atoms with E-state index in [-0.39, 0.29) is 23.3 Å². The molecule has 1 fully saturated rings. The van der Waals surface area contributed by atoms with Gasteiger partial charge in [-0.25, -0.2) is 4.68 Å². The lowest BCUT2D eigenvalue weighted by atomic mass is 10.1. The van der Waals surface area contributed by atoms with Crippen molar-refractivity contribution in [2.75, 3.05) is 13.1 Å². The monoisotopic (exact) mass is 330 g/mol. The van der Waals surface area contributed by atoms with E-state index in [9.17, 15) is 14.9 Å². The number of nitro groups is 1. The molecule has 2 heterocycles. The molecule has 1 aromatic carbocycles. The maximum atomic E-state index is 12.4. The van der Waals surface area contributed by atoms with Crippen molar-refractivity contribution >= 4 is 11.6 Å². The fraction of sp³-hybridized carbons (Fsp3) is 0.400. The Balaban J connectivity index is 1.81. The Bertz CT molecular complexity index is 766. The summed E-state index contributed by atoms with van der Waals surface area (Å²) < 4.78 is 1.43. The summed E-state index contributed by atoms with van der Waals surface area (Å²) in [6, 6.07) is 6.13. The van der Waals surface area contributed by atoms with Gasteiger partial charge in [-0.15, -0.1) is 5.10 Å². The first-order valence-electron chi connectivity index (χ1n) is 7.75. The minimum Gasteiger partial charge on any atom is -0.347 e. The van der Waals surface area contributed by atoms with E-state index in [1.54, 1.807) is 19.1 Å². The maximum Gasteiger partial charge on any atom is 0.274 e. The molecule has 1 saturated heterocycles. The molecule has 1 atom stereocenters. The van der Waals surface area contributed by atoms with Crippen molar-refractivity contribution in [2.24, 2.45) is 0 Å². The number of nitrogens with one attached hydrogen (secondary N) is 2. The van der Waals surface area contributed by atoms with E-state index in [1.807, 2.05) is 0 Å². The minimum absolute atomic E-state index is 0.0401. The number of hydrogen-bond acceptors (Lipinski definition) is 6. The average molecular weight is 330 g/mol. The minimum atomic E-state index is -0.473. The standard InChI is InChI=1S/C15H18N6O3/c1-10-14(15(22)17-11-4-3-7-16-9-11)18-19-20(10)12-5-2-6-13(8-12)21(23)24/h2,5-6,8,11,16H,3-4,7,9H2,1H3,(H,17,22)/t11-/m0/s1. The van der Waals surface area contributed by atoms with Crippen LogP contribution in [0.5, 0.6) is 0 Å². The Morgan fingerprint density at radius 3 is 3.04 bits per heavy atom. The summed E-state index contributed by atoms with van der Waals surface area (Å²) in [6.45, 7) is 3.42. The number of nitro benzene ring substituents is 1. The summed E-state index contributed by atoms with van der Waals surface area (Å²) in [5, 5.41) is 25.0. The van der Waals surface area contributed by atoms with Crippen LogP contribution in [0, 0.1) is 17.0 Å². The van der Waals surface area contributed by atoms with Crippen LogP contribution in [-0.4, -0.2) is 45.0 Å². The van der Waals surface area contributed by atoms with Gasteiger partial charge in [-0.2, -0.15) is 0 Å². The van der Waals surface area contributed by atoms with E-state index in [1.165, 1.54) is 16.8 Å². The number of hydrogen-bond donors (Lipinski definition) is 2. The van der Waals surface area contributed by atoms with Crippen LogP contribution in [0.3, 0.4) is 0 Å². The van der Waals surface area contributed by atoms with E-state index in [0.717, 1.165) is 25.9 Å². The summed E-state index contributed by atoms with van der Waals surface area (Å²) in [4.78, 5) is 22.8. The third-order valence-electron chi connectivity index (χ3n) is 4.03. The summed E-state index contributed by atoms with van der Waals surface area (Å²) in [6.07, 6.45) is 1.95. The van der Waals surface area contributed by atoms with E-state index in [4.69, 9.17) is 0 Å². The SMILES string of the molecule is Cc1c(C(=O)N[C@H]2CCCNC2)nnn1-c1cccc([N+](=O)[O-])c1. The number of non-ortho nitro benzene ring substituents is 1. The van der Waals surface area contributed by atoms with Crippen molar-refractivity contribution in [1.82, 2.24) is 25.6 Å². The largest absolute Gasteiger partial charge is 0.347 e. The molecule has 9 heteroatoms. The lowest BCUT2D eigenvalue weighted by Crippen LogP contribution is -2.45. The first-order chi connectivity index (χ1) is 11.6. The Labute approximate surface area is 138 Å². The van der Waals surface area contributed by atoms with E-state index < -0.39 is 4.92 Å². The topological polar surface area (TPSA) is 115 Å². The molecule has 0 bridgehead atoms. The number of nitrogens with zero attached hydrogens (tertiary/aromatic N) is 4. The molecule has 24 heavy (non-hydrogen) atoms. The van der Waals surface area contributed by atoms with Gasteiger partial charge in [0.15, 0.2) is 5.69 Å².